The maximum atomic E-state index is 4.70. The summed E-state index contributed by atoms with van der Waals surface area (Å²) in [6.07, 6.45) is 5.77. The van der Waals surface area contributed by atoms with Crippen LogP contribution in [-0.2, 0) is 12.8 Å². The van der Waals surface area contributed by atoms with Gasteiger partial charge >= 0.3 is 0 Å². The molecule has 0 bridgehead atoms. The van der Waals surface area contributed by atoms with Crippen LogP contribution in [0.2, 0.25) is 0 Å². The number of guanidine groups is 1. The molecule has 7 nitrogen and oxygen atoms in total. The van der Waals surface area contributed by atoms with Crippen LogP contribution in [-0.4, -0.2) is 45.2 Å². The lowest BCUT2D eigenvalue weighted by Gasteiger charge is -2.11. The summed E-state index contributed by atoms with van der Waals surface area (Å²) in [5.41, 5.74) is 4.69. The Labute approximate surface area is 170 Å². The second-order valence-corrected chi connectivity index (χ2v) is 7.04. The molecule has 0 aliphatic carbocycles. The van der Waals surface area contributed by atoms with Crippen molar-refractivity contribution in [3.63, 3.8) is 0 Å². The summed E-state index contributed by atoms with van der Waals surface area (Å²) in [5.74, 6) is 1.76. The molecule has 3 N–H and O–H groups in total. The van der Waals surface area contributed by atoms with Crippen LogP contribution in [0, 0.1) is 6.92 Å². The average molecular weight is 390 g/mol. The van der Waals surface area contributed by atoms with E-state index in [1.807, 2.05) is 28.8 Å². The number of aliphatic imine (C=N–C) groups is 1. The number of aromatic amines is 1. The number of benzene rings is 1. The fourth-order valence-electron chi connectivity index (χ4n) is 3.56. The molecule has 3 aromatic heterocycles. The molecule has 7 heteroatoms. The second kappa shape index (κ2) is 8.77. The number of H-pyrrole nitrogens is 1. The first-order valence-electron chi connectivity index (χ1n) is 10.1. The number of fused-ring (bicyclic) bond motifs is 2. The zero-order valence-electron chi connectivity index (χ0n) is 16.9. The first kappa shape index (κ1) is 19.0. The molecule has 0 fully saturated rings. The Bertz CT molecular complexity index is 1120. The first-order chi connectivity index (χ1) is 14.3. The normalized spacial score (nSPS) is 12.0. The first-order valence-corrected chi connectivity index (χ1v) is 10.1. The van der Waals surface area contributed by atoms with Gasteiger partial charge in [0.2, 0.25) is 0 Å². The lowest BCUT2D eigenvalue weighted by Crippen LogP contribution is -2.38. The third-order valence-electron chi connectivity index (χ3n) is 5.03. The predicted molar refractivity (Wildman–Crippen MR) is 117 cm³/mol. The van der Waals surface area contributed by atoms with E-state index in [1.54, 1.807) is 0 Å². The topological polar surface area (TPSA) is 82.4 Å². The van der Waals surface area contributed by atoms with Crippen LogP contribution in [0.4, 0.5) is 0 Å². The highest BCUT2D eigenvalue weighted by Crippen LogP contribution is 2.21. The fourth-order valence-corrected chi connectivity index (χ4v) is 3.56. The summed E-state index contributed by atoms with van der Waals surface area (Å²) in [7, 11) is 0. The highest BCUT2D eigenvalue weighted by molar-refractivity contribution is 5.86. The lowest BCUT2D eigenvalue weighted by atomic mass is 10.1. The van der Waals surface area contributed by atoms with E-state index in [4.69, 9.17) is 4.99 Å². The summed E-state index contributed by atoms with van der Waals surface area (Å²) in [4.78, 5) is 8.09. The average Bonchev–Trinajstić information content (AvgIpc) is 3.33. The highest BCUT2D eigenvalue weighted by atomic mass is 15.2. The van der Waals surface area contributed by atoms with Gasteiger partial charge in [0, 0.05) is 49.4 Å². The van der Waals surface area contributed by atoms with Gasteiger partial charge in [-0.3, -0.25) is 9.39 Å². The van der Waals surface area contributed by atoms with Crippen molar-refractivity contribution in [3.8, 4) is 0 Å². The molecule has 0 aliphatic rings. The van der Waals surface area contributed by atoms with Crippen molar-refractivity contribution in [2.75, 3.05) is 19.6 Å². The zero-order valence-corrected chi connectivity index (χ0v) is 16.9. The minimum atomic E-state index is 0.650. The fraction of sp³-hybridized carbons (Fsp3) is 0.318. The summed E-state index contributed by atoms with van der Waals surface area (Å²) in [6.45, 7) is 6.50. The Hall–Kier alpha value is -3.35. The van der Waals surface area contributed by atoms with E-state index in [1.165, 1.54) is 22.0 Å². The minimum Gasteiger partial charge on any atom is -0.361 e. The van der Waals surface area contributed by atoms with Gasteiger partial charge in [-0.25, -0.2) is 0 Å². The van der Waals surface area contributed by atoms with Crippen molar-refractivity contribution < 1.29 is 0 Å². The van der Waals surface area contributed by atoms with Crippen molar-refractivity contribution in [2.24, 2.45) is 4.99 Å². The molecule has 3 heterocycles. The quantitative estimate of drug-likeness (QED) is 0.335. The zero-order chi connectivity index (χ0) is 20.1. The van der Waals surface area contributed by atoms with E-state index >= 15 is 0 Å². The van der Waals surface area contributed by atoms with E-state index in [0.717, 1.165) is 43.4 Å². The van der Waals surface area contributed by atoms with Gasteiger partial charge in [0.1, 0.15) is 5.82 Å². The molecule has 150 valence electrons. The molecule has 0 spiro atoms. The van der Waals surface area contributed by atoms with Crippen LogP contribution in [0.15, 0.2) is 53.8 Å². The van der Waals surface area contributed by atoms with Crippen molar-refractivity contribution in [1.82, 2.24) is 30.2 Å². The third kappa shape index (κ3) is 4.23. The van der Waals surface area contributed by atoms with Crippen molar-refractivity contribution in [1.29, 1.82) is 0 Å². The van der Waals surface area contributed by atoms with Gasteiger partial charge in [0.15, 0.2) is 11.6 Å². The molecule has 0 atom stereocenters. The van der Waals surface area contributed by atoms with E-state index < -0.39 is 0 Å². The molecule has 4 rings (SSSR count). The Morgan fingerprint density at radius 3 is 2.93 bits per heavy atom. The Balaban J connectivity index is 1.35. The molecule has 1 aromatic carbocycles. The van der Waals surface area contributed by atoms with Crippen LogP contribution >= 0.6 is 0 Å². The largest absolute Gasteiger partial charge is 0.361 e. The number of hydrogen-bond acceptors (Lipinski definition) is 3. The summed E-state index contributed by atoms with van der Waals surface area (Å²) in [6, 6.07) is 12.3. The molecule has 0 aliphatic heterocycles. The predicted octanol–water partition coefficient (Wildman–Crippen LogP) is 2.86. The van der Waals surface area contributed by atoms with Crippen molar-refractivity contribution >= 4 is 22.5 Å². The second-order valence-electron chi connectivity index (χ2n) is 7.04. The lowest BCUT2D eigenvalue weighted by molar-refractivity contribution is 0.787. The van der Waals surface area contributed by atoms with Crippen LogP contribution in [0.3, 0.4) is 0 Å². The highest BCUT2D eigenvalue weighted by Gasteiger charge is 2.07. The smallest absolute Gasteiger partial charge is 0.191 e. The van der Waals surface area contributed by atoms with Crippen molar-refractivity contribution in [3.05, 3.63) is 65.7 Å². The van der Waals surface area contributed by atoms with Crippen molar-refractivity contribution in [2.45, 2.75) is 26.7 Å². The number of nitrogens with one attached hydrogen (secondary N) is 3. The Morgan fingerprint density at radius 2 is 2.03 bits per heavy atom. The molecular formula is C22H27N7. The summed E-state index contributed by atoms with van der Waals surface area (Å²) < 4.78 is 2.01. The summed E-state index contributed by atoms with van der Waals surface area (Å²) >= 11 is 0. The number of hydrogen-bond donors (Lipinski definition) is 3. The monoisotopic (exact) mass is 389 g/mol. The standard InChI is InChI=1S/C22H27N7/c1-3-23-22(25-13-11-20-28-27-19-9-4-5-14-29(19)20)24-12-10-17-15-26-21-16(2)7-6-8-18(17)21/h4-9,14-15,26H,3,10-13H2,1-2H3,(H2,23,24,25). The van der Waals surface area contributed by atoms with Crippen LogP contribution in [0.25, 0.3) is 16.6 Å². The van der Waals surface area contributed by atoms with Gasteiger partial charge in [0.05, 0.1) is 0 Å². The molecule has 0 unspecified atom stereocenters. The number of para-hydroxylation sites is 1. The van der Waals surface area contributed by atoms with Gasteiger partial charge in [0.25, 0.3) is 0 Å². The maximum absolute atomic E-state index is 4.70. The molecule has 0 saturated heterocycles. The van der Waals surface area contributed by atoms with E-state index in [0.29, 0.717) is 6.54 Å². The number of aromatic nitrogens is 4. The number of rotatable bonds is 7. The van der Waals surface area contributed by atoms with Crippen LogP contribution in [0.1, 0.15) is 23.9 Å². The number of nitrogens with zero attached hydrogens (tertiary/aromatic N) is 4. The molecule has 0 amide bonds. The minimum absolute atomic E-state index is 0.650. The van der Waals surface area contributed by atoms with Gasteiger partial charge in [-0.05, 0) is 43.5 Å². The molecule has 4 aromatic rings. The van der Waals surface area contributed by atoms with E-state index in [-0.39, 0.29) is 0 Å². The van der Waals surface area contributed by atoms with Gasteiger partial charge in [-0.15, -0.1) is 10.2 Å². The molecule has 0 saturated carbocycles. The van der Waals surface area contributed by atoms with E-state index in [2.05, 4.69) is 64.1 Å². The van der Waals surface area contributed by atoms with Crippen LogP contribution < -0.4 is 10.6 Å². The third-order valence-corrected chi connectivity index (χ3v) is 5.03. The molecule has 0 radical (unpaired) electrons. The van der Waals surface area contributed by atoms with Gasteiger partial charge in [-0.1, -0.05) is 24.3 Å². The van der Waals surface area contributed by atoms with Crippen LogP contribution in [0.5, 0.6) is 0 Å². The Kier molecular flexibility index (Phi) is 5.74. The van der Waals surface area contributed by atoms with Gasteiger partial charge < -0.3 is 15.6 Å². The Morgan fingerprint density at radius 1 is 1.10 bits per heavy atom. The molecule has 29 heavy (non-hydrogen) atoms. The van der Waals surface area contributed by atoms with Gasteiger partial charge in [-0.2, -0.15) is 0 Å². The number of aryl methyl sites for hydroxylation is 1. The number of pyridine rings is 1. The van der Waals surface area contributed by atoms with E-state index in [9.17, 15) is 0 Å². The molecular weight excluding hydrogens is 362 g/mol. The maximum Gasteiger partial charge on any atom is 0.191 e. The SMILES string of the molecule is CCNC(=NCCc1nnc2ccccn12)NCCc1c[nH]c2c(C)cccc12. The summed E-state index contributed by atoms with van der Waals surface area (Å²) in [5, 5.41) is 16.5.